The van der Waals surface area contributed by atoms with Crippen LogP contribution in [0.1, 0.15) is 130 Å². The molecule has 0 fully saturated rings. The predicted octanol–water partition coefficient (Wildman–Crippen LogP) is 7.90. The number of hydrogen-bond acceptors (Lipinski definition) is 6. The Morgan fingerprint density at radius 3 is 1.41 bits per heavy atom. The van der Waals surface area contributed by atoms with Gasteiger partial charge in [-0.05, 0) is 25.2 Å². The molecule has 0 heterocycles. The van der Waals surface area contributed by atoms with Crippen LogP contribution in [-0.2, 0) is 28.5 Å². The number of carbonyl (C=O) groups excluding carboxylic acids is 1. The highest BCUT2D eigenvalue weighted by Gasteiger charge is 2.03. The molecular formula is C31H62O6. The Morgan fingerprint density at radius 2 is 0.892 bits per heavy atom. The van der Waals surface area contributed by atoms with Crippen molar-refractivity contribution in [1.29, 1.82) is 0 Å². The molecule has 0 amide bonds. The SMILES string of the molecule is CCCCCCCCCCCCOCCOCCOCCOCCCC(=O)OCCCCCCC(C)C. The van der Waals surface area contributed by atoms with Crippen molar-refractivity contribution in [3.05, 3.63) is 0 Å². The van der Waals surface area contributed by atoms with Gasteiger partial charge in [-0.3, -0.25) is 4.79 Å². The number of unbranched alkanes of at least 4 members (excludes halogenated alkanes) is 12. The molecule has 0 saturated heterocycles. The third kappa shape index (κ3) is 33.3. The van der Waals surface area contributed by atoms with E-state index >= 15 is 0 Å². The lowest BCUT2D eigenvalue weighted by molar-refractivity contribution is -0.144. The zero-order valence-corrected chi connectivity index (χ0v) is 24.9. The third-order valence-corrected chi connectivity index (χ3v) is 6.37. The van der Waals surface area contributed by atoms with Crippen molar-refractivity contribution in [2.75, 3.05) is 59.5 Å². The standard InChI is InChI=1S/C31H62O6/c1-4-5-6-7-8-9-10-11-13-16-21-33-24-26-35-28-29-36-27-25-34-22-18-20-31(32)37-23-17-14-12-15-19-30(2)3/h30H,4-29H2,1-3H3. The van der Waals surface area contributed by atoms with Crippen LogP contribution in [0, 0.1) is 5.92 Å². The van der Waals surface area contributed by atoms with Gasteiger partial charge in [0.15, 0.2) is 0 Å². The Labute approximate surface area is 229 Å². The van der Waals surface area contributed by atoms with E-state index in [1.54, 1.807) is 0 Å². The van der Waals surface area contributed by atoms with Crippen LogP contribution < -0.4 is 0 Å². The highest BCUT2D eigenvalue weighted by molar-refractivity contribution is 5.69. The maximum Gasteiger partial charge on any atom is 0.305 e. The van der Waals surface area contributed by atoms with Gasteiger partial charge in [0.05, 0.1) is 46.2 Å². The van der Waals surface area contributed by atoms with Crippen LogP contribution in [0.2, 0.25) is 0 Å². The number of ether oxygens (including phenoxy) is 5. The van der Waals surface area contributed by atoms with Crippen molar-refractivity contribution in [3.63, 3.8) is 0 Å². The minimum absolute atomic E-state index is 0.119. The van der Waals surface area contributed by atoms with Crippen LogP contribution in [0.4, 0.5) is 0 Å². The molecule has 37 heavy (non-hydrogen) atoms. The molecule has 222 valence electrons. The Balaban J connectivity index is 3.12. The van der Waals surface area contributed by atoms with Gasteiger partial charge >= 0.3 is 5.97 Å². The van der Waals surface area contributed by atoms with E-state index in [0.29, 0.717) is 65.7 Å². The van der Waals surface area contributed by atoms with Crippen LogP contribution in [0.15, 0.2) is 0 Å². The lowest BCUT2D eigenvalue weighted by Gasteiger charge is -2.08. The quantitative estimate of drug-likeness (QED) is 0.0670. The van der Waals surface area contributed by atoms with Crippen LogP contribution in [0.25, 0.3) is 0 Å². The van der Waals surface area contributed by atoms with E-state index in [1.165, 1.54) is 77.0 Å². The van der Waals surface area contributed by atoms with Gasteiger partial charge in [0.1, 0.15) is 0 Å². The van der Waals surface area contributed by atoms with Crippen molar-refractivity contribution >= 4 is 5.97 Å². The molecule has 0 bridgehead atoms. The summed E-state index contributed by atoms with van der Waals surface area (Å²) < 4.78 is 27.5. The molecule has 0 aliphatic heterocycles. The van der Waals surface area contributed by atoms with Crippen LogP contribution >= 0.6 is 0 Å². The summed E-state index contributed by atoms with van der Waals surface area (Å²) in [5.74, 6) is 0.659. The first kappa shape index (κ1) is 36.3. The fraction of sp³-hybridized carbons (Fsp3) is 0.968. The second kappa shape index (κ2) is 31.5. The first-order chi connectivity index (χ1) is 18.2. The number of esters is 1. The molecule has 0 N–H and O–H groups in total. The normalized spacial score (nSPS) is 11.5. The first-order valence-electron chi connectivity index (χ1n) is 15.6. The Bertz CT molecular complexity index is 443. The average Bonchev–Trinajstić information content (AvgIpc) is 2.88. The van der Waals surface area contributed by atoms with Gasteiger partial charge in [-0.1, -0.05) is 104 Å². The van der Waals surface area contributed by atoms with E-state index in [2.05, 4.69) is 20.8 Å². The van der Waals surface area contributed by atoms with Crippen LogP contribution in [-0.4, -0.2) is 65.4 Å². The fourth-order valence-corrected chi connectivity index (χ4v) is 4.04. The molecule has 0 aromatic carbocycles. The minimum atomic E-state index is -0.119. The molecule has 0 unspecified atom stereocenters. The summed E-state index contributed by atoms with van der Waals surface area (Å²) in [6.45, 7) is 12.2. The fourth-order valence-electron chi connectivity index (χ4n) is 4.04. The summed E-state index contributed by atoms with van der Waals surface area (Å²) in [5.41, 5.74) is 0. The Kier molecular flexibility index (Phi) is 30.9. The van der Waals surface area contributed by atoms with Crippen molar-refractivity contribution < 1.29 is 28.5 Å². The summed E-state index contributed by atoms with van der Waals surface area (Å²) in [7, 11) is 0. The second-order valence-corrected chi connectivity index (χ2v) is 10.6. The molecular weight excluding hydrogens is 468 g/mol. The summed E-state index contributed by atoms with van der Waals surface area (Å²) in [4.78, 5) is 11.7. The van der Waals surface area contributed by atoms with Gasteiger partial charge in [-0.25, -0.2) is 0 Å². The zero-order valence-electron chi connectivity index (χ0n) is 24.9. The molecule has 0 rings (SSSR count). The van der Waals surface area contributed by atoms with E-state index in [1.807, 2.05) is 0 Å². The van der Waals surface area contributed by atoms with E-state index in [9.17, 15) is 4.79 Å². The molecule has 0 saturated carbocycles. The van der Waals surface area contributed by atoms with E-state index < -0.39 is 0 Å². The van der Waals surface area contributed by atoms with Gasteiger partial charge in [-0.2, -0.15) is 0 Å². The molecule has 0 atom stereocenters. The van der Waals surface area contributed by atoms with Gasteiger partial charge in [0.25, 0.3) is 0 Å². The Hall–Kier alpha value is -0.690. The topological polar surface area (TPSA) is 63.2 Å². The molecule has 0 spiro atoms. The van der Waals surface area contributed by atoms with Crippen molar-refractivity contribution in [1.82, 2.24) is 0 Å². The van der Waals surface area contributed by atoms with Gasteiger partial charge < -0.3 is 23.7 Å². The minimum Gasteiger partial charge on any atom is -0.466 e. The molecule has 6 heteroatoms. The smallest absolute Gasteiger partial charge is 0.305 e. The highest BCUT2D eigenvalue weighted by Crippen LogP contribution is 2.11. The number of hydrogen-bond donors (Lipinski definition) is 0. The summed E-state index contributed by atoms with van der Waals surface area (Å²) in [6.07, 6.45) is 20.5. The Morgan fingerprint density at radius 1 is 0.486 bits per heavy atom. The average molecular weight is 531 g/mol. The van der Waals surface area contributed by atoms with E-state index in [4.69, 9.17) is 23.7 Å². The van der Waals surface area contributed by atoms with Crippen LogP contribution in [0.5, 0.6) is 0 Å². The summed E-state index contributed by atoms with van der Waals surface area (Å²) in [5, 5.41) is 0. The number of rotatable bonds is 31. The first-order valence-corrected chi connectivity index (χ1v) is 15.6. The van der Waals surface area contributed by atoms with Crippen LogP contribution in [0.3, 0.4) is 0 Å². The monoisotopic (exact) mass is 530 g/mol. The van der Waals surface area contributed by atoms with Gasteiger partial charge in [0.2, 0.25) is 0 Å². The molecule has 0 aromatic rings. The van der Waals surface area contributed by atoms with E-state index in [0.717, 1.165) is 31.8 Å². The van der Waals surface area contributed by atoms with Crippen molar-refractivity contribution in [2.45, 2.75) is 130 Å². The summed E-state index contributed by atoms with van der Waals surface area (Å²) >= 11 is 0. The molecule has 6 nitrogen and oxygen atoms in total. The van der Waals surface area contributed by atoms with Gasteiger partial charge in [0, 0.05) is 19.6 Å². The van der Waals surface area contributed by atoms with Crippen molar-refractivity contribution in [3.8, 4) is 0 Å². The zero-order chi connectivity index (χ0) is 27.1. The largest absolute Gasteiger partial charge is 0.466 e. The predicted molar refractivity (Wildman–Crippen MR) is 153 cm³/mol. The summed E-state index contributed by atoms with van der Waals surface area (Å²) in [6, 6.07) is 0. The second-order valence-electron chi connectivity index (χ2n) is 10.6. The molecule has 0 aliphatic carbocycles. The maximum absolute atomic E-state index is 11.7. The lowest BCUT2D eigenvalue weighted by Crippen LogP contribution is -2.12. The van der Waals surface area contributed by atoms with Gasteiger partial charge in [-0.15, -0.1) is 0 Å². The molecule has 0 radical (unpaired) electrons. The number of carbonyl (C=O) groups is 1. The maximum atomic E-state index is 11.7. The van der Waals surface area contributed by atoms with E-state index in [-0.39, 0.29) is 5.97 Å². The lowest BCUT2D eigenvalue weighted by atomic mass is 10.0. The third-order valence-electron chi connectivity index (χ3n) is 6.37. The molecule has 0 aliphatic rings. The van der Waals surface area contributed by atoms with Crippen molar-refractivity contribution in [2.24, 2.45) is 5.92 Å². The highest BCUT2D eigenvalue weighted by atomic mass is 16.6. The molecule has 0 aromatic heterocycles.